The zero-order valence-electron chi connectivity index (χ0n) is 11.5. The predicted octanol–water partition coefficient (Wildman–Crippen LogP) is 2.46. The molecule has 0 heterocycles. The SMILES string of the molecule is CCN(CCC#N)C(=O)Nc1ccc(C)cc1C(=O)O. The summed E-state index contributed by atoms with van der Waals surface area (Å²) in [6, 6.07) is 6.36. The van der Waals surface area contributed by atoms with Gasteiger partial charge in [0.15, 0.2) is 0 Å². The van der Waals surface area contributed by atoms with E-state index in [9.17, 15) is 9.59 Å². The highest BCUT2D eigenvalue weighted by atomic mass is 16.4. The number of carbonyl (C=O) groups excluding carboxylic acids is 1. The second-order valence-electron chi connectivity index (χ2n) is 4.27. The lowest BCUT2D eigenvalue weighted by Gasteiger charge is -2.20. The molecule has 1 aromatic rings. The molecule has 0 aliphatic rings. The number of nitrogens with zero attached hydrogens (tertiary/aromatic N) is 2. The molecule has 0 atom stereocenters. The van der Waals surface area contributed by atoms with E-state index in [0.717, 1.165) is 5.56 Å². The van der Waals surface area contributed by atoms with E-state index in [4.69, 9.17) is 10.4 Å². The van der Waals surface area contributed by atoms with Crippen LogP contribution in [0.3, 0.4) is 0 Å². The number of nitrogens with one attached hydrogen (secondary N) is 1. The molecule has 0 bridgehead atoms. The minimum Gasteiger partial charge on any atom is -0.478 e. The normalized spacial score (nSPS) is 9.65. The van der Waals surface area contributed by atoms with E-state index in [1.807, 2.05) is 6.07 Å². The van der Waals surface area contributed by atoms with Gasteiger partial charge in [-0.2, -0.15) is 5.26 Å². The lowest BCUT2D eigenvalue weighted by atomic mass is 10.1. The van der Waals surface area contributed by atoms with E-state index >= 15 is 0 Å². The van der Waals surface area contributed by atoms with E-state index in [2.05, 4.69) is 5.32 Å². The number of anilines is 1. The molecule has 0 aromatic heterocycles. The first-order chi connectivity index (χ1) is 9.49. The van der Waals surface area contributed by atoms with Crippen molar-refractivity contribution in [2.75, 3.05) is 18.4 Å². The summed E-state index contributed by atoms with van der Waals surface area (Å²) >= 11 is 0. The summed E-state index contributed by atoms with van der Waals surface area (Å²) in [5.41, 5.74) is 1.11. The molecule has 20 heavy (non-hydrogen) atoms. The predicted molar refractivity (Wildman–Crippen MR) is 74.6 cm³/mol. The lowest BCUT2D eigenvalue weighted by Crippen LogP contribution is -2.35. The zero-order chi connectivity index (χ0) is 15.1. The van der Waals surface area contributed by atoms with Crippen molar-refractivity contribution in [3.05, 3.63) is 29.3 Å². The van der Waals surface area contributed by atoms with E-state index in [-0.39, 0.29) is 17.7 Å². The standard InChI is InChI=1S/C14H17N3O3/c1-3-17(8-4-7-15)14(20)16-12-6-5-10(2)9-11(12)13(18)19/h5-6,9H,3-4,8H2,1-2H3,(H,16,20)(H,18,19). The van der Waals surface area contributed by atoms with Crippen LogP contribution in [0, 0.1) is 18.3 Å². The number of aromatic carboxylic acids is 1. The molecule has 0 aliphatic carbocycles. The van der Waals surface area contributed by atoms with Gasteiger partial charge < -0.3 is 15.3 Å². The maximum atomic E-state index is 12.0. The fraction of sp³-hybridized carbons (Fsp3) is 0.357. The highest BCUT2D eigenvalue weighted by Crippen LogP contribution is 2.18. The van der Waals surface area contributed by atoms with Crippen molar-refractivity contribution in [1.29, 1.82) is 5.26 Å². The number of carboxylic acid groups (broad SMARTS) is 1. The molecule has 0 fully saturated rings. The van der Waals surface area contributed by atoms with Gasteiger partial charge in [0, 0.05) is 13.1 Å². The molecule has 1 aromatic carbocycles. The number of urea groups is 1. The maximum Gasteiger partial charge on any atom is 0.337 e. The number of carboxylic acids is 1. The third kappa shape index (κ3) is 3.99. The molecule has 106 valence electrons. The van der Waals surface area contributed by atoms with Gasteiger partial charge in [0.25, 0.3) is 0 Å². The number of hydrogen-bond acceptors (Lipinski definition) is 3. The number of nitriles is 1. The molecule has 0 radical (unpaired) electrons. The number of hydrogen-bond donors (Lipinski definition) is 2. The fourth-order valence-electron chi connectivity index (χ4n) is 1.73. The van der Waals surface area contributed by atoms with Gasteiger partial charge in [-0.3, -0.25) is 0 Å². The van der Waals surface area contributed by atoms with Gasteiger partial charge in [0.1, 0.15) is 0 Å². The summed E-state index contributed by atoms with van der Waals surface area (Å²) in [7, 11) is 0. The van der Waals surface area contributed by atoms with Gasteiger partial charge in [0.2, 0.25) is 0 Å². The van der Waals surface area contributed by atoms with Crippen molar-refractivity contribution >= 4 is 17.7 Å². The highest BCUT2D eigenvalue weighted by Gasteiger charge is 2.16. The van der Waals surface area contributed by atoms with Crippen LogP contribution in [-0.4, -0.2) is 35.1 Å². The van der Waals surface area contributed by atoms with Crippen molar-refractivity contribution < 1.29 is 14.7 Å². The number of rotatable bonds is 5. The first kappa shape index (κ1) is 15.5. The highest BCUT2D eigenvalue weighted by molar-refractivity contribution is 6.00. The Morgan fingerprint density at radius 2 is 2.15 bits per heavy atom. The summed E-state index contributed by atoms with van der Waals surface area (Å²) in [4.78, 5) is 24.6. The van der Waals surface area contributed by atoms with Gasteiger partial charge in [0.05, 0.1) is 23.7 Å². The quantitative estimate of drug-likeness (QED) is 0.863. The van der Waals surface area contributed by atoms with Crippen LogP contribution in [0.15, 0.2) is 18.2 Å². The first-order valence-corrected chi connectivity index (χ1v) is 6.26. The smallest absolute Gasteiger partial charge is 0.337 e. The Morgan fingerprint density at radius 1 is 1.45 bits per heavy atom. The fourth-order valence-corrected chi connectivity index (χ4v) is 1.73. The average molecular weight is 275 g/mol. The van der Waals surface area contributed by atoms with Crippen molar-refractivity contribution in [3.8, 4) is 6.07 Å². The Kier molecular flexibility index (Phi) is 5.54. The topological polar surface area (TPSA) is 93.4 Å². The Hall–Kier alpha value is -2.55. The second-order valence-corrected chi connectivity index (χ2v) is 4.27. The van der Waals surface area contributed by atoms with Crippen LogP contribution >= 0.6 is 0 Å². The molecular formula is C14H17N3O3. The summed E-state index contributed by atoms with van der Waals surface area (Å²) in [5, 5.41) is 20.3. The third-order valence-corrected chi connectivity index (χ3v) is 2.81. The van der Waals surface area contributed by atoms with Crippen molar-refractivity contribution in [3.63, 3.8) is 0 Å². The molecule has 2 amide bonds. The molecular weight excluding hydrogens is 258 g/mol. The number of carbonyl (C=O) groups is 2. The zero-order valence-corrected chi connectivity index (χ0v) is 11.5. The Labute approximate surface area is 117 Å². The molecule has 6 nitrogen and oxygen atoms in total. The van der Waals surface area contributed by atoms with Crippen molar-refractivity contribution in [2.45, 2.75) is 20.3 Å². The third-order valence-electron chi connectivity index (χ3n) is 2.81. The minimum atomic E-state index is -1.09. The summed E-state index contributed by atoms with van der Waals surface area (Å²) < 4.78 is 0. The number of amides is 2. The summed E-state index contributed by atoms with van der Waals surface area (Å²) in [6.45, 7) is 4.34. The van der Waals surface area contributed by atoms with Gasteiger partial charge >= 0.3 is 12.0 Å². The number of benzene rings is 1. The Morgan fingerprint density at radius 3 is 2.70 bits per heavy atom. The van der Waals surface area contributed by atoms with E-state index in [1.165, 1.54) is 11.0 Å². The van der Waals surface area contributed by atoms with Crippen LogP contribution < -0.4 is 5.32 Å². The van der Waals surface area contributed by atoms with E-state index in [1.54, 1.807) is 26.0 Å². The van der Waals surface area contributed by atoms with Gasteiger partial charge in [-0.1, -0.05) is 11.6 Å². The van der Waals surface area contributed by atoms with Crippen LogP contribution in [0.1, 0.15) is 29.3 Å². The van der Waals surface area contributed by atoms with Gasteiger partial charge in [-0.15, -0.1) is 0 Å². The van der Waals surface area contributed by atoms with E-state index in [0.29, 0.717) is 13.1 Å². The Balaban J connectivity index is 2.90. The maximum absolute atomic E-state index is 12.0. The van der Waals surface area contributed by atoms with Crippen molar-refractivity contribution in [1.82, 2.24) is 4.90 Å². The molecule has 0 saturated heterocycles. The first-order valence-electron chi connectivity index (χ1n) is 6.26. The lowest BCUT2D eigenvalue weighted by molar-refractivity contribution is 0.0698. The summed E-state index contributed by atoms with van der Waals surface area (Å²) in [5.74, 6) is -1.09. The Bertz CT molecular complexity index is 549. The molecule has 0 spiro atoms. The molecule has 2 N–H and O–H groups in total. The monoisotopic (exact) mass is 275 g/mol. The van der Waals surface area contributed by atoms with Crippen LogP contribution in [0.5, 0.6) is 0 Å². The average Bonchev–Trinajstić information content (AvgIpc) is 2.41. The van der Waals surface area contributed by atoms with Gasteiger partial charge in [-0.25, -0.2) is 9.59 Å². The van der Waals surface area contributed by atoms with Gasteiger partial charge in [-0.05, 0) is 26.0 Å². The largest absolute Gasteiger partial charge is 0.478 e. The van der Waals surface area contributed by atoms with Crippen LogP contribution in [0.4, 0.5) is 10.5 Å². The second kappa shape index (κ2) is 7.14. The number of aryl methyl sites for hydroxylation is 1. The molecule has 6 heteroatoms. The molecule has 0 unspecified atom stereocenters. The van der Waals surface area contributed by atoms with Crippen LogP contribution in [-0.2, 0) is 0 Å². The van der Waals surface area contributed by atoms with E-state index < -0.39 is 12.0 Å². The molecule has 0 aliphatic heterocycles. The summed E-state index contributed by atoms with van der Waals surface area (Å²) in [6.07, 6.45) is 0.237. The molecule has 0 saturated carbocycles. The van der Waals surface area contributed by atoms with Crippen molar-refractivity contribution in [2.24, 2.45) is 0 Å². The van der Waals surface area contributed by atoms with Crippen LogP contribution in [0.25, 0.3) is 0 Å². The van der Waals surface area contributed by atoms with Crippen LogP contribution in [0.2, 0.25) is 0 Å². The molecule has 1 rings (SSSR count). The minimum absolute atomic E-state index is 0.0506.